The molecule has 2 N–H and O–H groups in total. The van der Waals surface area contributed by atoms with Gasteiger partial charge in [0.25, 0.3) is 0 Å². The largest absolute Gasteiger partial charge is 0.508 e. The van der Waals surface area contributed by atoms with E-state index in [1.165, 1.54) is 18.2 Å². The Labute approximate surface area is 119 Å². The second-order valence-corrected chi connectivity index (χ2v) is 7.04. The summed E-state index contributed by atoms with van der Waals surface area (Å²) in [5, 5.41) is 19.8. The van der Waals surface area contributed by atoms with Gasteiger partial charge in [-0.1, -0.05) is 19.3 Å². The maximum Gasteiger partial charge on any atom is 0.306 e. The predicted molar refractivity (Wildman–Crippen MR) is 75.4 cm³/mol. The summed E-state index contributed by atoms with van der Waals surface area (Å²) in [6.45, 7) is -0.0666. The molecule has 1 fully saturated rings. The van der Waals surface area contributed by atoms with Gasteiger partial charge in [-0.3, -0.25) is 0 Å². The molecule has 0 atom stereocenters. The highest BCUT2D eigenvalue weighted by molar-refractivity contribution is 7.86. The van der Waals surface area contributed by atoms with Crippen molar-refractivity contribution in [2.45, 2.75) is 37.5 Å². The van der Waals surface area contributed by atoms with E-state index in [2.05, 4.69) is 0 Å². The van der Waals surface area contributed by atoms with Crippen LogP contribution in [0.15, 0.2) is 18.2 Å². The molecule has 6 heteroatoms. The lowest BCUT2D eigenvalue weighted by atomic mass is 9.69. The number of aliphatic hydroxyl groups excluding tert-OH is 1. The van der Waals surface area contributed by atoms with Gasteiger partial charge in [0.2, 0.25) is 0 Å². The van der Waals surface area contributed by atoms with Gasteiger partial charge in [-0.05, 0) is 31.0 Å². The Morgan fingerprint density at radius 3 is 2.45 bits per heavy atom. The van der Waals surface area contributed by atoms with Crippen molar-refractivity contribution in [3.63, 3.8) is 0 Å². The summed E-state index contributed by atoms with van der Waals surface area (Å²) in [5.41, 5.74) is 0.0694. The van der Waals surface area contributed by atoms with Crippen molar-refractivity contribution in [2.75, 3.05) is 12.9 Å². The van der Waals surface area contributed by atoms with Gasteiger partial charge in [-0.2, -0.15) is 8.42 Å². The van der Waals surface area contributed by atoms with E-state index < -0.39 is 15.5 Å². The lowest BCUT2D eigenvalue weighted by Gasteiger charge is -2.36. The van der Waals surface area contributed by atoms with Crippen LogP contribution >= 0.6 is 0 Å². The zero-order valence-electron chi connectivity index (χ0n) is 11.5. The van der Waals surface area contributed by atoms with Gasteiger partial charge in [-0.15, -0.1) is 0 Å². The smallest absolute Gasteiger partial charge is 0.306 e. The number of aliphatic hydroxyl groups is 1. The average molecular weight is 300 g/mol. The Balaban J connectivity index is 2.41. The van der Waals surface area contributed by atoms with Crippen LogP contribution in [0.5, 0.6) is 11.5 Å². The number of aromatic hydroxyl groups is 1. The first-order valence-electron chi connectivity index (χ1n) is 6.70. The molecule has 1 aliphatic carbocycles. The summed E-state index contributed by atoms with van der Waals surface area (Å²) in [5.74, 6) is 0.237. The van der Waals surface area contributed by atoms with Crippen LogP contribution in [0, 0.1) is 0 Å². The van der Waals surface area contributed by atoms with E-state index in [1.807, 2.05) is 0 Å². The molecular formula is C14H20O5S. The fourth-order valence-electron chi connectivity index (χ4n) is 2.91. The first kappa shape index (κ1) is 15.1. The summed E-state index contributed by atoms with van der Waals surface area (Å²) in [6.07, 6.45) is 5.61. The van der Waals surface area contributed by atoms with Crippen LogP contribution in [0.2, 0.25) is 0 Å². The van der Waals surface area contributed by atoms with Crippen LogP contribution in [-0.2, 0) is 15.5 Å². The maximum atomic E-state index is 11.2. The van der Waals surface area contributed by atoms with Crippen molar-refractivity contribution in [1.29, 1.82) is 0 Å². The van der Waals surface area contributed by atoms with E-state index in [1.54, 1.807) is 0 Å². The van der Waals surface area contributed by atoms with Crippen molar-refractivity contribution in [2.24, 2.45) is 0 Å². The van der Waals surface area contributed by atoms with E-state index >= 15 is 0 Å². The standard InChI is InChI=1S/C14H20O5S/c1-20(17,18)19-11-5-6-13(16)12(9-11)14(10-15)7-3-2-4-8-14/h5-6,9,15-16H,2-4,7-8,10H2,1H3. The third-order valence-corrected chi connectivity index (χ3v) is 4.40. The number of benzene rings is 1. The average Bonchev–Trinajstić information content (AvgIpc) is 2.40. The molecule has 1 aromatic rings. The summed E-state index contributed by atoms with van der Waals surface area (Å²) in [4.78, 5) is 0. The van der Waals surface area contributed by atoms with E-state index in [4.69, 9.17) is 4.18 Å². The lowest BCUT2D eigenvalue weighted by Crippen LogP contribution is -2.33. The van der Waals surface area contributed by atoms with Crippen LogP contribution < -0.4 is 4.18 Å². The minimum atomic E-state index is -3.61. The molecular weight excluding hydrogens is 280 g/mol. The molecule has 0 radical (unpaired) electrons. The minimum Gasteiger partial charge on any atom is -0.508 e. The van der Waals surface area contributed by atoms with Crippen molar-refractivity contribution in [3.05, 3.63) is 23.8 Å². The fraction of sp³-hybridized carbons (Fsp3) is 0.571. The Morgan fingerprint density at radius 1 is 1.25 bits per heavy atom. The first-order valence-corrected chi connectivity index (χ1v) is 8.52. The van der Waals surface area contributed by atoms with Crippen LogP contribution in [0.1, 0.15) is 37.7 Å². The molecule has 1 aromatic carbocycles. The van der Waals surface area contributed by atoms with Gasteiger partial charge < -0.3 is 14.4 Å². The number of phenolic OH excluding ortho intramolecular Hbond substituents is 1. The molecule has 0 heterocycles. The minimum absolute atomic E-state index is 0.0666. The van der Waals surface area contributed by atoms with Gasteiger partial charge in [-0.25, -0.2) is 0 Å². The fourth-order valence-corrected chi connectivity index (χ4v) is 3.36. The summed E-state index contributed by atoms with van der Waals surface area (Å²) >= 11 is 0. The molecule has 2 rings (SSSR count). The topological polar surface area (TPSA) is 83.8 Å². The quantitative estimate of drug-likeness (QED) is 0.830. The van der Waals surface area contributed by atoms with Gasteiger partial charge in [0.05, 0.1) is 12.9 Å². The van der Waals surface area contributed by atoms with Gasteiger partial charge in [0.15, 0.2) is 0 Å². The molecule has 0 bridgehead atoms. The van der Waals surface area contributed by atoms with E-state index in [-0.39, 0.29) is 18.1 Å². The monoisotopic (exact) mass is 300 g/mol. The highest BCUT2D eigenvalue weighted by Gasteiger charge is 2.35. The molecule has 0 aromatic heterocycles. The van der Waals surface area contributed by atoms with E-state index in [9.17, 15) is 18.6 Å². The van der Waals surface area contributed by atoms with Crippen LogP contribution in [0.4, 0.5) is 0 Å². The second kappa shape index (κ2) is 5.61. The zero-order valence-corrected chi connectivity index (χ0v) is 12.3. The van der Waals surface area contributed by atoms with Crippen molar-refractivity contribution >= 4 is 10.1 Å². The highest BCUT2D eigenvalue weighted by atomic mass is 32.2. The number of hydrogen-bond donors (Lipinski definition) is 2. The van der Waals surface area contributed by atoms with E-state index in [0.717, 1.165) is 38.4 Å². The van der Waals surface area contributed by atoms with Gasteiger partial charge >= 0.3 is 10.1 Å². The van der Waals surface area contributed by atoms with Crippen LogP contribution in [-0.4, -0.2) is 31.5 Å². The second-order valence-electron chi connectivity index (χ2n) is 5.47. The predicted octanol–water partition coefficient (Wildman–Crippen LogP) is 1.92. The van der Waals surface area contributed by atoms with Crippen molar-refractivity contribution in [3.8, 4) is 11.5 Å². The molecule has 0 amide bonds. The van der Waals surface area contributed by atoms with Gasteiger partial charge in [0, 0.05) is 11.0 Å². The summed E-state index contributed by atoms with van der Waals surface area (Å²) in [6, 6.07) is 4.35. The molecule has 112 valence electrons. The van der Waals surface area contributed by atoms with Crippen LogP contribution in [0.3, 0.4) is 0 Å². The number of hydrogen-bond acceptors (Lipinski definition) is 5. The molecule has 0 unspecified atom stereocenters. The third kappa shape index (κ3) is 3.24. The van der Waals surface area contributed by atoms with Crippen molar-refractivity contribution < 1.29 is 22.8 Å². The van der Waals surface area contributed by atoms with E-state index in [0.29, 0.717) is 5.56 Å². The molecule has 0 spiro atoms. The van der Waals surface area contributed by atoms with Crippen molar-refractivity contribution in [1.82, 2.24) is 0 Å². The summed E-state index contributed by atoms with van der Waals surface area (Å²) < 4.78 is 27.2. The Kier molecular flexibility index (Phi) is 4.25. The zero-order chi connectivity index (χ0) is 14.8. The molecule has 1 saturated carbocycles. The first-order chi connectivity index (χ1) is 9.36. The number of rotatable bonds is 4. The maximum absolute atomic E-state index is 11.2. The summed E-state index contributed by atoms with van der Waals surface area (Å²) in [7, 11) is -3.61. The molecule has 1 aliphatic rings. The SMILES string of the molecule is CS(=O)(=O)Oc1ccc(O)c(C2(CO)CCCCC2)c1. The normalized spacial score (nSPS) is 18.7. The molecule has 0 saturated heterocycles. The molecule has 0 aliphatic heterocycles. The number of phenols is 1. The Bertz CT molecular complexity index is 573. The lowest BCUT2D eigenvalue weighted by molar-refractivity contribution is 0.149. The Morgan fingerprint density at radius 2 is 1.90 bits per heavy atom. The van der Waals surface area contributed by atoms with Gasteiger partial charge in [0.1, 0.15) is 11.5 Å². The Hall–Kier alpha value is -1.27. The molecule has 5 nitrogen and oxygen atoms in total. The third-order valence-electron chi connectivity index (χ3n) is 3.90. The molecule has 20 heavy (non-hydrogen) atoms. The van der Waals surface area contributed by atoms with Crippen LogP contribution in [0.25, 0.3) is 0 Å². The highest BCUT2D eigenvalue weighted by Crippen LogP contribution is 2.43.